The maximum atomic E-state index is 5.37. The van der Waals surface area contributed by atoms with Crippen LogP contribution in [0.2, 0.25) is 0 Å². The summed E-state index contributed by atoms with van der Waals surface area (Å²) in [4.78, 5) is 7.79. The van der Waals surface area contributed by atoms with Gasteiger partial charge in [-0.1, -0.05) is 124 Å². The van der Waals surface area contributed by atoms with Crippen molar-refractivity contribution in [2.75, 3.05) is 11.4 Å². The van der Waals surface area contributed by atoms with Crippen LogP contribution >= 0.6 is 7.92 Å². The molecule has 4 aromatic rings. The number of anilines is 1. The fourth-order valence-electron chi connectivity index (χ4n) is 4.47. The minimum absolute atomic E-state index is 0.0906. The Labute approximate surface area is 204 Å². The summed E-state index contributed by atoms with van der Waals surface area (Å²) in [6.45, 7) is 7.77. The van der Waals surface area contributed by atoms with E-state index in [-0.39, 0.29) is 11.5 Å². The van der Waals surface area contributed by atoms with E-state index in [9.17, 15) is 0 Å². The predicted molar refractivity (Wildman–Crippen MR) is 149 cm³/mol. The van der Waals surface area contributed by atoms with Gasteiger partial charge in [-0.2, -0.15) is 0 Å². The van der Waals surface area contributed by atoms with Crippen molar-refractivity contribution >= 4 is 35.4 Å². The Morgan fingerprint density at radius 1 is 0.676 bits per heavy atom. The van der Waals surface area contributed by atoms with E-state index in [1.807, 2.05) is 0 Å². The summed E-state index contributed by atoms with van der Waals surface area (Å²) in [5.41, 5.74) is 2.52. The highest BCUT2D eigenvalue weighted by Gasteiger charge is 2.36. The Morgan fingerprint density at radius 2 is 1.18 bits per heavy atom. The molecule has 0 amide bonds. The first kappa shape index (κ1) is 22.6. The number of hydrogen-bond acceptors (Lipinski definition) is 2. The predicted octanol–water partition coefficient (Wildman–Crippen LogP) is 6.13. The van der Waals surface area contributed by atoms with E-state index < -0.39 is 7.92 Å². The van der Waals surface area contributed by atoms with Gasteiger partial charge in [0, 0.05) is 17.8 Å². The maximum absolute atomic E-state index is 5.37. The van der Waals surface area contributed by atoms with Crippen molar-refractivity contribution in [1.82, 2.24) is 0 Å². The molecule has 1 aliphatic rings. The molecule has 0 unspecified atom stereocenters. The fourth-order valence-corrected chi connectivity index (χ4v) is 6.92. The summed E-state index contributed by atoms with van der Waals surface area (Å²) in [6.07, 6.45) is 0. The van der Waals surface area contributed by atoms with Gasteiger partial charge in [0.25, 0.3) is 0 Å². The smallest absolute Gasteiger partial charge is 0.136 e. The maximum Gasteiger partial charge on any atom is 0.136 e. The summed E-state index contributed by atoms with van der Waals surface area (Å²) in [6, 6.07) is 41.7. The topological polar surface area (TPSA) is 15.6 Å². The third-order valence-corrected chi connectivity index (χ3v) is 8.87. The molecule has 0 aliphatic carbocycles. The standard InChI is InChI=1S/C31H31N2P/c1-31(2,3)29-23-33(24-15-7-4-8-16-24)30(32-29)27-21-13-14-22-28(27)34(25-17-9-5-10-18-25)26-19-11-6-12-20-26/h4-22,29H,23H2,1-3H3/t29-/m1/s1. The monoisotopic (exact) mass is 462 g/mol. The van der Waals surface area contributed by atoms with E-state index in [0.717, 1.165) is 12.4 Å². The first-order valence-corrected chi connectivity index (χ1v) is 13.3. The fraction of sp³-hybridized carbons (Fsp3) is 0.194. The molecule has 34 heavy (non-hydrogen) atoms. The van der Waals surface area contributed by atoms with Crippen molar-refractivity contribution in [3.8, 4) is 0 Å². The number of aliphatic imine (C=N–C) groups is 1. The lowest BCUT2D eigenvalue weighted by molar-refractivity contribution is 0.337. The van der Waals surface area contributed by atoms with Crippen molar-refractivity contribution in [2.24, 2.45) is 10.4 Å². The molecule has 2 nitrogen and oxygen atoms in total. The van der Waals surface area contributed by atoms with Crippen LogP contribution in [0.4, 0.5) is 5.69 Å². The largest absolute Gasteiger partial charge is 0.324 e. The van der Waals surface area contributed by atoms with Gasteiger partial charge < -0.3 is 4.90 Å². The third kappa shape index (κ3) is 4.56. The summed E-state index contributed by atoms with van der Waals surface area (Å²) < 4.78 is 0. The normalized spacial score (nSPS) is 16.1. The molecule has 0 fully saturated rings. The molecule has 0 saturated heterocycles. The molecule has 1 heterocycles. The lowest BCUT2D eigenvalue weighted by atomic mass is 9.87. The van der Waals surface area contributed by atoms with Crippen LogP contribution in [0.15, 0.2) is 120 Å². The molecule has 1 aliphatic heterocycles. The molecule has 5 rings (SSSR count). The zero-order valence-corrected chi connectivity index (χ0v) is 21.0. The Hall–Kier alpha value is -3.22. The Kier molecular flexibility index (Phi) is 6.35. The van der Waals surface area contributed by atoms with E-state index in [1.54, 1.807) is 0 Å². The SMILES string of the molecule is CC(C)(C)[C@H]1CN(c2ccccc2)C(c2ccccc2P(c2ccccc2)c2ccccc2)=N1. The van der Waals surface area contributed by atoms with Crippen LogP contribution in [-0.4, -0.2) is 18.4 Å². The van der Waals surface area contributed by atoms with Crippen LogP contribution in [0, 0.1) is 5.41 Å². The summed E-state index contributed by atoms with van der Waals surface area (Å²) in [5, 5.41) is 4.06. The van der Waals surface area contributed by atoms with E-state index >= 15 is 0 Å². The molecule has 1 atom stereocenters. The molecule has 0 bridgehead atoms. The summed E-state index contributed by atoms with van der Waals surface area (Å²) >= 11 is 0. The molecule has 0 radical (unpaired) electrons. The highest BCUT2D eigenvalue weighted by molar-refractivity contribution is 7.80. The molecule has 4 aromatic carbocycles. The van der Waals surface area contributed by atoms with E-state index in [2.05, 4.69) is 141 Å². The number of nitrogens with zero attached hydrogens (tertiary/aromatic N) is 2. The van der Waals surface area contributed by atoms with Crippen LogP contribution in [0.25, 0.3) is 0 Å². The Morgan fingerprint density at radius 3 is 1.74 bits per heavy atom. The molecule has 0 spiro atoms. The lowest BCUT2D eigenvalue weighted by Crippen LogP contribution is -2.36. The molecule has 0 saturated carbocycles. The van der Waals surface area contributed by atoms with Gasteiger partial charge in [-0.25, -0.2) is 0 Å². The average molecular weight is 463 g/mol. The van der Waals surface area contributed by atoms with Gasteiger partial charge in [0.1, 0.15) is 5.84 Å². The molecular formula is C31H31N2P. The second kappa shape index (κ2) is 9.57. The van der Waals surface area contributed by atoms with E-state index in [0.29, 0.717) is 0 Å². The number of amidine groups is 1. The van der Waals surface area contributed by atoms with Crippen LogP contribution in [0.5, 0.6) is 0 Å². The van der Waals surface area contributed by atoms with Gasteiger partial charge in [-0.3, -0.25) is 4.99 Å². The molecule has 0 aromatic heterocycles. The van der Waals surface area contributed by atoms with Gasteiger partial charge in [0.2, 0.25) is 0 Å². The van der Waals surface area contributed by atoms with Crippen molar-refractivity contribution in [1.29, 1.82) is 0 Å². The second-order valence-electron chi connectivity index (χ2n) is 9.80. The van der Waals surface area contributed by atoms with Crippen molar-refractivity contribution in [2.45, 2.75) is 26.8 Å². The Balaban J connectivity index is 1.69. The number of rotatable bonds is 5. The Bertz CT molecular complexity index is 1220. The number of para-hydroxylation sites is 1. The van der Waals surface area contributed by atoms with Gasteiger partial charge in [-0.15, -0.1) is 0 Å². The first-order chi connectivity index (χ1) is 16.5. The average Bonchev–Trinajstić information content (AvgIpc) is 3.33. The molecule has 170 valence electrons. The van der Waals surface area contributed by atoms with Gasteiger partial charge in [0.15, 0.2) is 0 Å². The summed E-state index contributed by atoms with van der Waals surface area (Å²) in [7, 11) is -0.721. The minimum Gasteiger partial charge on any atom is -0.324 e. The van der Waals surface area contributed by atoms with Gasteiger partial charge in [-0.05, 0) is 41.4 Å². The third-order valence-electron chi connectivity index (χ3n) is 6.37. The van der Waals surface area contributed by atoms with Gasteiger partial charge in [0.05, 0.1) is 6.04 Å². The van der Waals surface area contributed by atoms with Crippen LogP contribution in [0.3, 0.4) is 0 Å². The van der Waals surface area contributed by atoms with Crippen LogP contribution < -0.4 is 20.8 Å². The zero-order valence-electron chi connectivity index (χ0n) is 20.1. The number of hydrogen-bond donors (Lipinski definition) is 0. The van der Waals surface area contributed by atoms with Crippen molar-refractivity contribution in [3.05, 3.63) is 121 Å². The summed E-state index contributed by atoms with van der Waals surface area (Å²) in [5.74, 6) is 1.08. The zero-order chi connectivity index (χ0) is 23.5. The minimum atomic E-state index is -0.721. The van der Waals surface area contributed by atoms with E-state index in [4.69, 9.17) is 4.99 Å². The lowest BCUT2D eigenvalue weighted by Gasteiger charge is -2.27. The number of benzene rings is 4. The second-order valence-corrected chi connectivity index (χ2v) is 12.0. The van der Waals surface area contributed by atoms with Crippen molar-refractivity contribution < 1.29 is 0 Å². The first-order valence-electron chi connectivity index (χ1n) is 11.9. The van der Waals surface area contributed by atoms with Crippen molar-refractivity contribution in [3.63, 3.8) is 0 Å². The highest BCUT2D eigenvalue weighted by Crippen LogP contribution is 2.37. The van der Waals surface area contributed by atoms with Crippen LogP contribution in [-0.2, 0) is 0 Å². The van der Waals surface area contributed by atoms with Gasteiger partial charge >= 0.3 is 0 Å². The molecular weight excluding hydrogens is 431 g/mol. The highest BCUT2D eigenvalue weighted by atomic mass is 31.1. The molecule has 0 N–H and O–H groups in total. The quantitative estimate of drug-likeness (QED) is 0.326. The molecule has 3 heteroatoms. The van der Waals surface area contributed by atoms with Crippen LogP contribution in [0.1, 0.15) is 26.3 Å². The van der Waals surface area contributed by atoms with E-state index in [1.165, 1.54) is 27.2 Å².